The van der Waals surface area contributed by atoms with E-state index in [9.17, 15) is 8.42 Å². The van der Waals surface area contributed by atoms with Crippen molar-refractivity contribution in [1.29, 1.82) is 0 Å². The fourth-order valence-electron chi connectivity index (χ4n) is 2.34. The molecule has 0 aromatic heterocycles. The quantitative estimate of drug-likeness (QED) is 0.924. The molecule has 19 heavy (non-hydrogen) atoms. The van der Waals surface area contributed by atoms with Crippen molar-refractivity contribution in [2.24, 2.45) is 0 Å². The molecule has 0 bridgehead atoms. The van der Waals surface area contributed by atoms with Crippen LogP contribution >= 0.6 is 11.6 Å². The molecule has 1 N–H and O–H groups in total. The highest BCUT2D eigenvalue weighted by atomic mass is 35.5. The van der Waals surface area contributed by atoms with Crippen LogP contribution in [0.15, 0.2) is 18.2 Å². The number of hydrogen-bond donors (Lipinski definition) is 1. The monoisotopic (exact) mass is 303 g/mol. The predicted octanol–water partition coefficient (Wildman–Crippen LogP) is 2.02. The molecule has 6 heteroatoms. The molecule has 1 heterocycles. The number of hydrogen-bond acceptors (Lipinski definition) is 4. The van der Waals surface area contributed by atoms with Crippen LogP contribution in [0.2, 0.25) is 5.02 Å². The second kappa shape index (κ2) is 5.31. The van der Waals surface area contributed by atoms with Gasteiger partial charge < -0.3 is 10.1 Å². The van der Waals surface area contributed by atoms with E-state index in [0.717, 1.165) is 11.3 Å². The molecule has 106 valence electrons. The van der Waals surface area contributed by atoms with E-state index < -0.39 is 9.84 Å². The van der Waals surface area contributed by atoms with Gasteiger partial charge in [0.05, 0.1) is 18.6 Å². The van der Waals surface area contributed by atoms with Crippen LogP contribution in [0.4, 0.5) is 0 Å². The molecule has 0 saturated carbocycles. The molecule has 1 atom stereocenters. The van der Waals surface area contributed by atoms with E-state index in [2.05, 4.69) is 5.32 Å². The molecule has 2 rings (SSSR count). The molecule has 0 aliphatic carbocycles. The smallest absolute Gasteiger partial charge is 0.152 e. The van der Waals surface area contributed by atoms with E-state index in [4.69, 9.17) is 16.3 Å². The molecule has 0 radical (unpaired) electrons. The van der Waals surface area contributed by atoms with Crippen molar-refractivity contribution in [1.82, 2.24) is 5.32 Å². The van der Waals surface area contributed by atoms with Crippen molar-refractivity contribution in [2.45, 2.75) is 25.4 Å². The van der Waals surface area contributed by atoms with E-state index in [-0.39, 0.29) is 17.0 Å². The summed E-state index contributed by atoms with van der Waals surface area (Å²) in [5.74, 6) is 1.19. The number of sulfone groups is 1. The summed E-state index contributed by atoms with van der Waals surface area (Å²) in [6.45, 7) is 2.48. The second-order valence-corrected chi connectivity index (χ2v) is 7.83. The Morgan fingerprint density at radius 3 is 2.79 bits per heavy atom. The van der Waals surface area contributed by atoms with E-state index in [1.807, 2.05) is 19.1 Å². The zero-order chi connectivity index (χ0) is 14.1. The number of ether oxygens (including phenoxy) is 1. The predicted molar refractivity (Wildman–Crippen MR) is 76.5 cm³/mol. The van der Waals surface area contributed by atoms with E-state index >= 15 is 0 Å². The van der Waals surface area contributed by atoms with Crippen molar-refractivity contribution in [3.63, 3.8) is 0 Å². The van der Waals surface area contributed by atoms with Crippen LogP contribution in [-0.4, -0.2) is 32.6 Å². The number of benzene rings is 1. The van der Waals surface area contributed by atoms with Crippen molar-refractivity contribution in [3.8, 4) is 5.75 Å². The first-order chi connectivity index (χ1) is 8.84. The average molecular weight is 304 g/mol. The molecule has 1 aromatic carbocycles. The van der Waals surface area contributed by atoms with E-state index in [1.54, 1.807) is 13.2 Å². The minimum atomic E-state index is -2.90. The standard InChI is InChI=1S/C13H18ClNO3S/c1-13(5-6-19(16,17)9-13)15-8-10-7-11(14)3-4-12(10)18-2/h3-4,7,15H,5-6,8-9H2,1-2H3. The molecule has 0 amide bonds. The Morgan fingerprint density at radius 2 is 2.21 bits per heavy atom. The van der Waals surface area contributed by atoms with Gasteiger partial charge in [0.2, 0.25) is 0 Å². The normalized spacial score (nSPS) is 25.4. The van der Waals surface area contributed by atoms with Gasteiger partial charge in [0, 0.05) is 22.7 Å². The SMILES string of the molecule is COc1ccc(Cl)cc1CNC1(C)CCS(=O)(=O)C1. The maximum Gasteiger partial charge on any atom is 0.152 e. The van der Waals surface area contributed by atoms with Crippen molar-refractivity contribution in [2.75, 3.05) is 18.6 Å². The zero-order valence-electron chi connectivity index (χ0n) is 11.1. The van der Waals surface area contributed by atoms with Crippen LogP contribution in [0.3, 0.4) is 0 Å². The fraction of sp³-hybridized carbons (Fsp3) is 0.538. The summed E-state index contributed by atoms with van der Waals surface area (Å²) in [6.07, 6.45) is 0.637. The van der Waals surface area contributed by atoms with Gasteiger partial charge in [-0.3, -0.25) is 0 Å². The molecular formula is C13H18ClNO3S. The van der Waals surface area contributed by atoms with E-state index in [1.165, 1.54) is 0 Å². The average Bonchev–Trinajstić information content (AvgIpc) is 2.62. The summed E-state index contributed by atoms with van der Waals surface area (Å²) in [4.78, 5) is 0. The van der Waals surface area contributed by atoms with Gasteiger partial charge >= 0.3 is 0 Å². The number of halogens is 1. The van der Waals surface area contributed by atoms with Crippen LogP contribution in [0.25, 0.3) is 0 Å². The number of methoxy groups -OCH3 is 1. The maximum absolute atomic E-state index is 11.5. The highest BCUT2D eigenvalue weighted by Gasteiger charge is 2.37. The topological polar surface area (TPSA) is 55.4 Å². The molecular weight excluding hydrogens is 286 g/mol. The fourth-order valence-corrected chi connectivity index (χ4v) is 4.66. The summed E-state index contributed by atoms with van der Waals surface area (Å²) in [6, 6.07) is 5.42. The lowest BCUT2D eigenvalue weighted by Crippen LogP contribution is -2.42. The lowest BCUT2D eigenvalue weighted by molar-refractivity contribution is 0.379. The van der Waals surface area contributed by atoms with E-state index in [0.29, 0.717) is 18.0 Å². The Hall–Kier alpha value is -0.780. The molecule has 1 aliphatic heterocycles. The molecule has 4 nitrogen and oxygen atoms in total. The van der Waals surface area contributed by atoms with Crippen molar-refractivity contribution in [3.05, 3.63) is 28.8 Å². The molecule has 1 fully saturated rings. The van der Waals surface area contributed by atoms with Crippen molar-refractivity contribution >= 4 is 21.4 Å². The zero-order valence-corrected chi connectivity index (χ0v) is 12.6. The summed E-state index contributed by atoms with van der Waals surface area (Å²) in [5.41, 5.74) is 0.562. The minimum absolute atomic E-state index is 0.183. The summed E-state index contributed by atoms with van der Waals surface area (Å²) in [7, 11) is -1.30. The molecule has 1 aliphatic rings. The minimum Gasteiger partial charge on any atom is -0.496 e. The van der Waals surface area contributed by atoms with Gasteiger partial charge in [0.25, 0.3) is 0 Å². The molecule has 1 unspecified atom stereocenters. The van der Waals surface area contributed by atoms with Crippen LogP contribution in [0.5, 0.6) is 5.75 Å². The third-order valence-corrected chi connectivity index (χ3v) is 5.59. The van der Waals surface area contributed by atoms with Gasteiger partial charge in [-0.1, -0.05) is 11.6 Å². The van der Waals surface area contributed by atoms with Gasteiger partial charge in [-0.15, -0.1) is 0 Å². The highest BCUT2D eigenvalue weighted by Crippen LogP contribution is 2.26. The Kier molecular flexibility index (Phi) is 4.08. The van der Waals surface area contributed by atoms with Crippen LogP contribution in [0, 0.1) is 0 Å². The van der Waals surface area contributed by atoms with Gasteiger partial charge in [0.1, 0.15) is 5.75 Å². The third-order valence-electron chi connectivity index (χ3n) is 3.45. The van der Waals surface area contributed by atoms with Crippen LogP contribution in [-0.2, 0) is 16.4 Å². The van der Waals surface area contributed by atoms with Gasteiger partial charge in [-0.25, -0.2) is 8.42 Å². The molecule has 1 saturated heterocycles. The highest BCUT2D eigenvalue weighted by molar-refractivity contribution is 7.91. The van der Waals surface area contributed by atoms with Crippen LogP contribution in [0.1, 0.15) is 18.9 Å². The first kappa shape index (κ1) is 14.6. The largest absolute Gasteiger partial charge is 0.496 e. The maximum atomic E-state index is 11.5. The molecule has 1 aromatic rings. The lowest BCUT2D eigenvalue weighted by atomic mass is 10.0. The van der Waals surface area contributed by atoms with Gasteiger partial charge in [0.15, 0.2) is 9.84 Å². The Balaban J connectivity index is 2.09. The first-order valence-corrected chi connectivity index (χ1v) is 8.31. The number of nitrogens with one attached hydrogen (secondary N) is 1. The summed E-state index contributed by atoms with van der Waals surface area (Å²) >= 11 is 5.97. The summed E-state index contributed by atoms with van der Waals surface area (Å²) in [5, 5.41) is 3.95. The number of rotatable bonds is 4. The second-order valence-electron chi connectivity index (χ2n) is 5.21. The Morgan fingerprint density at radius 1 is 1.47 bits per heavy atom. The van der Waals surface area contributed by atoms with Gasteiger partial charge in [-0.05, 0) is 31.5 Å². The van der Waals surface area contributed by atoms with Crippen LogP contribution < -0.4 is 10.1 Å². The van der Waals surface area contributed by atoms with Crippen molar-refractivity contribution < 1.29 is 13.2 Å². The first-order valence-electron chi connectivity index (χ1n) is 6.11. The Labute approximate surface area is 119 Å². The Bertz CT molecular complexity index is 573. The molecule has 0 spiro atoms. The summed E-state index contributed by atoms with van der Waals surface area (Å²) < 4.78 is 28.4. The lowest BCUT2D eigenvalue weighted by Gasteiger charge is -2.24. The third kappa shape index (κ3) is 3.61. The van der Waals surface area contributed by atoms with Gasteiger partial charge in [-0.2, -0.15) is 0 Å².